The third-order valence-corrected chi connectivity index (χ3v) is 11.2. The van der Waals surface area contributed by atoms with Gasteiger partial charge in [-0.1, -0.05) is 27.2 Å². The van der Waals surface area contributed by atoms with Crippen LogP contribution in [0.5, 0.6) is 0 Å². The lowest BCUT2D eigenvalue weighted by Gasteiger charge is -2.37. The molecule has 0 radical (unpaired) electrons. The number of likely N-dealkylation sites (N-methyl/N-ethyl adjacent to an activating group) is 2. The lowest BCUT2D eigenvalue weighted by molar-refractivity contribution is -0.149. The highest BCUT2D eigenvalue weighted by atomic mass is 32.1. The van der Waals surface area contributed by atoms with Gasteiger partial charge in [-0.3, -0.25) is 28.9 Å². The molecule has 1 aliphatic heterocycles. The highest BCUT2D eigenvalue weighted by Crippen LogP contribution is 2.36. The molecule has 0 aromatic carbocycles. The van der Waals surface area contributed by atoms with Crippen LogP contribution in [0.15, 0.2) is 17.0 Å². The number of ether oxygens (including phenoxy) is 1. The van der Waals surface area contributed by atoms with Crippen molar-refractivity contribution in [3.05, 3.63) is 32.7 Å². The first-order valence-corrected chi connectivity index (χ1v) is 18.8. The van der Waals surface area contributed by atoms with Gasteiger partial charge in [-0.2, -0.15) is 0 Å². The molecule has 15 heteroatoms. The zero-order valence-electron chi connectivity index (χ0n) is 29.2. The maximum absolute atomic E-state index is 14.0. The molecule has 0 unspecified atom stereocenters. The van der Waals surface area contributed by atoms with Crippen molar-refractivity contribution < 1.29 is 33.8 Å². The van der Waals surface area contributed by atoms with Crippen LogP contribution in [0.3, 0.4) is 0 Å². The molecule has 13 nitrogen and oxygen atoms in total. The van der Waals surface area contributed by atoms with Crippen LogP contribution in [0.4, 0.5) is 0 Å². The van der Waals surface area contributed by atoms with Gasteiger partial charge < -0.3 is 25.4 Å². The third kappa shape index (κ3) is 10.8. The Morgan fingerprint density at radius 3 is 2.41 bits per heavy atom. The number of thiazole rings is 2. The van der Waals surface area contributed by atoms with Crippen molar-refractivity contribution in [2.75, 3.05) is 20.6 Å². The number of likely N-dealkylation sites (tertiary alicyclic amines) is 1. The minimum atomic E-state index is -0.954. The first-order valence-electron chi connectivity index (χ1n) is 17.1. The van der Waals surface area contributed by atoms with Crippen LogP contribution in [0, 0.1) is 17.8 Å². The maximum Gasteiger partial charge on any atom is 0.306 e. The molecular weight excluding hydrogens is 669 g/mol. The standard InChI is InChI=1S/C34H50N6O7S2/c1-19(2)26(40(6)33(44)29(22-10-11-22)38-31(43)25-9-7-8-13-39(25)5)17-27(47-21(4)41)32-37-24(18-49-32)30(42)36-23(15-20(3)34(45)46)16-28-35-12-14-48-28/h12,14,18-20,22-23,25-27,29H,7-11,13,15-17H2,1-6H3,(H,36,42)(H,38,43)(H,45,46)/t20-,23+,25+,26+,27+,29-/m0/s1. The van der Waals surface area contributed by atoms with E-state index in [9.17, 15) is 29.1 Å². The number of piperidine rings is 1. The Kier molecular flexibility index (Phi) is 13.7. The van der Waals surface area contributed by atoms with Crippen LogP contribution < -0.4 is 10.6 Å². The summed E-state index contributed by atoms with van der Waals surface area (Å²) in [6.07, 6.45) is 6.22. The number of amides is 3. The third-order valence-electron chi connectivity index (χ3n) is 9.44. The quantitative estimate of drug-likeness (QED) is 0.204. The minimum Gasteiger partial charge on any atom is -0.481 e. The number of nitrogens with zero attached hydrogens (tertiary/aromatic N) is 4. The van der Waals surface area contributed by atoms with Gasteiger partial charge in [-0.05, 0) is 57.5 Å². The smallest absolute Gasteiger partial charge is 0.306 e. The number of aliphatic carboxylic acids is 1. The van der Waals surface area contributed by atoms with E-state index in [0.29, 0.717) is 11.4 Å². The summed E-state index contributed by atoms with van der Waals surface area (Å²) in [6.45, 7) is 7.73. The van der Waals surface area contributed by atoms with Gasteiger partial charge in [-0.25, -0.2) is 9.97 Å². The topological polar surface area (TPSA) is 171 Å². The fourth-order valence-electron chi connectivity index (χ4n) is 6.43. The molecule has 0 bridgehead atoms. The van der Waals surface area contributed by atoms with Crippen LogP contribution in [0.25, 0.3) is 0 Å². The van der Waals surface area contributed by atoms with Crippen molar-refractivity contribution in [1.82, 2.24) is 30.4 Å². The summed E-state index contributed by atoms with van der Waals surface area (Å²) in [4.78, 5) is 77.1. The first-order chi connectivity index (χ1) is 23.2. The Morgan fingerprint density at radius 2 is 1.82 bits per heavy atom. The van der Waals surface area contributed by atoms with Crippen molar-refractivity contribution in [3.8, 4) is 0 Å². The number of carbonyl (C=O) groups is 5. The van der Waals surface area contributed by atoms with Gasteiger partial charge in [0.05, 0.1) is 17.0 Å². The van der Waals surface area contributed by atoms with Gasteiger partial charge in [-0.15, -0.1) is 22.7 Å². The summed E-state index contributed by atoms with van der Waals surface area (Å²) in [6, 6.07) is -1.73. The summed E-state index contributed by atoms with van der Waals surface area (Å²) in [5.74, 6) is -2.85. The Labute approximate surface area is 296 Å². The Balaban J connectivity index is 1.48. The van der Waals surface area contributed by atoms with Crippen molar-refractivity contribution in [2.24, 2.45) is 17.8 Å². The minimum absolute atomic E-state index is 0.0300. The van der Waals surface area contributed by atoms with E-state index in [1.807, 2.05) is 26.3 Å². The molecule has 2 aliphatic rings. The zero-order valence-corrected chi connectivity index (χ0v) is 30.8. The number of rotatable bonds is 17. The van der Waals surface area contributed by atoms with Gasteiger partial charge in [0.1, 0.15) is 16.7 Å². The molecule has 2 aromatic heterocycles. The van der Waals surface area contributed by atoms with Gasteiger partial charge in [0.2, 0.25) is 11.8 Å². The van der Waals surface area contributed by atoms with Crippen LogP contribution >= 0.6 is 22.7 Å². The van der Waals surface area contributed by atoms with E-state index in [4.69, 9.17) is 4.74 Å². The number of carboxylic acids is 1. The number of aromatic nitrogens is 2. The number of hydrogen-bond donors (Lipinski definition) is 3. The van der Waals surface area contributed by atoms with E-state index in [0.717, 1.165) is 43.7 Å². The van der Waals surface area contributed by atoms with Crippen LogP contribution in [0.1, 0.15) is 99.2 Å². The molecule has 3 heterocycles. The van der Waals surface area contributed by atoms with E-state index >= 15 is 0 Å². The predicted octanol–water partition coefficient (Wildman–Crippen LogP) is 3.91. The molecule has 6 atom stereocenters. The molecule has 1 saturated heterocycles. The monoisotopic (exact) mass is 718 g/mol. The molecule has 2 fully saturated rings. The van der Waals surface area contributed by atoms with Crippen molar-refractivity contribution in [3.63, 3.8) is 0 Å². The first kappa shape index (κ1) is 38.4. The molecule has 4 rings (SSSR count). The van der Waals surface area contributed by atoms with Gasteiger partial charge in [0.25, 0.3) is 5.91 Å². The Bertz CT molecular complexity index is 1450. The van der Waals surface area contributed by atoms with Crippen LogP contribution in [-0.4, -0.2) is 99.3 Å². The molecule has 3 amide bonds. The van der Waals surface area contributed by atoms with E-state index in [1.54, 1.807) is 30.4 Å². The number of carbonyl (C=O) groups excluding carboxylic acids is 4. The summed E-state index contributed by atoms with van der Waals surface area (Å²) < 4.78 is 5.74. The second-order valence-electron chi connectivity index (χ2n) is 13.8. The molecule has 1 saturated carbocycles. The number of nitrogens with one attached hydrogen (secondary N) is 2. The molecule has 1 aliphatic carbocycles. The molecule has 3 N–H and O–H groups in total. The summed E-state index contributed by atoms with van der Waals surface area (Å²) >= 11 is 2.61. The summed E-state index contributed by atoms with van der Waals surface area (Å²) in [5.41, 5.74) is 0.124. The summed E-state index contributed by atoms with van der Waals surface area (Å²) in [7, 11) is 3.68. The number of hydrogen-bond acceptors (Lipinski definition) is 11. The molecule has 0 spiro atoms. The molecule has 2 aromatic rings. The highest BCUT2D eigenvalue weighted by Gasteiger charge is 2.42. The lowest BCUT2D eigenvalue weighted by atomic mass is 9.95. The van der Waals surface area contributed by atoms with E-state index in [1.165, 1.54) is 29.6 Å². The van der Waals surface area contributed by atoms with Crippen LogP contribution in [-0.2, 0) is 30.3 Å². The summed E-state index contributed by atoms with van der Waals surface area (Å²) in [5, 5.41) is 20.1. The number of esters is 1. The van der Waals surface area contributed by atoms with E-state index in [-0.39, 0.29) is 54.3 Å². The average Bonchev–Trinajstić information content (AvgIpc) is 3.52. The Hall–Kier alpha value is -3.43. The van der Waals surface area contributed by atoms with E-state index < -0.39 is 42.0 Å². The second kappa shape index (κ2) is 17.5. The lowest BCUT2D eigenvalue weighted by Crippen LogP contribution is -2.56. The zero-order chi connectivity index (χ0) is 35.8. The fourth-order valence-corrected chi connectivity index (χ4v) is 7.97. The van der Waals surface area contributed by atoms with Gasteiger partial charge in [0.15, 0.2) is 6.10 Å². The fraction of sp³-hybridized carbons (Fsp3) is 0.676. The van der Waals surface area contributed by atoms with Crippen molar-refractivity contribution in [2.45, 2.75) is 109 Å². The van der Waals surface area contributed by atoms with Crippen molar-refractivity contribution in [1.29, 1.82) is 0 Å². The van der Waals surface area contributed by atoms with Crippen molar-refractivity contribution >= 4 is 52.3 Å². The van der Waals surface area contributed by atoms with Crippen LogP contribution in [0.2, 0.25) is 0 Å². The average molecular weight is 719 g/mol. The molecule has 49 heavy (non-hydrogen) atoms. The second-order valence-corrected chi connectivity index (χ2v) is 15.6. The van der Waals surface area contributed by atoms with Gasteiger partial charge >= 0.3 is 11.9 Å². The molecule has 270 valence electrons. The number of carboxylic acid groups (broad SMARTS) is 1. The largest absolute Gasteiger partial charge is 0.481 e. The van der Waals surface area contributed by atoms with Gasteiger partial charge in [0, 0.05) is 55.9 Å². The SMILES string of the molecule is CC(=O)O[C@H](C[C@H](C(C)C)N(C)C(=O)[C@@H](NC(=O)[C@H]1CCCCN1C)C1CC1)c1nc(C(=O)N[C@@H](Cc2nccs2)C[C@H](C)C(=O)O)cs1. The maximum atomic E-state index is 14.0. The molecular formula is C34H50N6O7S2. The Morgan fingerprint density at radius 1 is 1.08 bits per heavy atom. The van der Waals surface area contributed by atoms with E-state index in [2.05, 4.69) is 25.5 Å². The predicted molar refractivity (Wildman–Crippen MR) is 186 cm³/mol. The normalized spacial score (nSPS) is 19.7. The highest BCUT2D eigenvalue weighted by molar-refractivity contribution is 7.10.